The Morgan fingerprint density at radius 1 is 1.34 bits per heavy atom. The maximum absolute atomic E-state index is 11.4. The molecule has 1 aliphatic carbocycles. The normalized spacial score (nSPS) is 17.9. The summed E-state index contributed by atoms with van der Waals surface area (Å²) in [7, 11) is 0. The van der Waals surface area contributed by atoms with Gasteiger partial charge in [-0.05, 0) is 51.1 Å². The summed E-state index contributed by atoms with van der Waals surface area (Å²) in [5, 5.41) is 14.0. The molecule has 0 amide bonds. The fraction of sp³-hybridized carbons (Fsp3) is 0.391. The highest BCUT2D eigenvalue weighted by Gasteiger charge is 2.32. The van der Waals surface area contributed by atoms with Gasteiger partial charge >= 0.3 is 5.97 Å². The molecule has 2 unspecified atom stereocenters. The van der Waals surface area contributed by atoms with Gasteiger partial charge in [-0.1, -0.05) is 23.7 Å². The molecule has 1 aromatic heterocycles. The lowest BCUT2D eigenvalue weighted by molar-refractivity contribution is -0.145. The van der Waals surface area contributed by atoms with Crippen LogP contribution in [0.4, 0.5) is 0 Å². The van der Waals surface area contributed by atoms with Gasteiger partial charge in [0.1, 0.15) is 17.4 Å². The van der Waals surface area contributed by atoms with Crippen LogP contribution in [-0.4, -0.2) is 35.4 Å². The molecular weight excluding hydrogens is 434 g/mol. The van der Waals surface area contributed by atoms with Crippen LogP contribution in [0, 0.1) is 23.2 Å². The van der Waals surface area contributed by atoms with Gasteiger partial charge in [-0.2, -0.15) is 10.2 Å². The van der Waals surface area contributed by atoms with E-state index in [0.29, 0.717) is 33.8 Å². The van der Waals surface area contributed by atoms with Gasteiger partial charge in [0.05, 0.1) is 23.8 Å². The third-order valence-corrected chi connectivity index (χ3v) is 5.06. The zero-order valence-electron chi connectivity index (χ0n) is 18.3. The van der Waals surface area contributed by atoms with Crippen LogP contribution in [0.1, 0.15) is 33.6 Å². The fourth-order valence-electron chi connectivity index (χ4n) is 3.24. The van der Waals surface area contributed by atoms with Crippen molar-refractivity contribution in [2.75, 3.05) is 13.2 Å². The average molecular weight is 458 g/mol. The monoisotopic (exact) mass is 457 g/mol. The number of ether oxygens (including phenoxy) is 3. The van der Waals surface area contributed by atoms with Crippen LogP contribution in [0.3, 0.4) is 0 Å². The number of benzene rings is 1. The fourth-order valence-corrected chi connectivity index (χ4v) is 3.50. The molecule has 168 valence electrons. The molecule has 1 aromatic carbocycles. The summed E-state index contributed by atoms with van der Waals surface area (Å²) < 4.78 is 21.5. The van der Waals surface area contributed by atoms with Gasteiger partial charge in [0.15, 0.2) is 6.61 Å². The van der Waals surface area contributed by atoms with E-state index in [1.165, 1.54) is 0 Å². The Balaban J connectivity index is 1.80. The first-order chi connectivity index (χ1) is 15.3. The van der Waals surface area contributed by atoms with Crippen LogP contribution < -0.4 is 4.74 Å². The van der Waals surface area contributed by atoms with Gasteiger partial charge in [-0.15, -0.1) is 0 Å². The molecule has 0 aliphatic heterocycles. The molecule has 32 heavy (non-hydrogen) atoms. The topological polar surface area (TPSA) is 107 Å². The number of hydrogen-bond acceptors (Lipinski definition) is 8. The highest BCUT2D eigenvalue weighted by molar-refractivity contribution is 6.33. The lowest BCUT2D eigenvalue weighted by atomic mass is 9.83. The standard InChI is InChI=1S/C23H24ClN3O5/c1-5-29-21(28)12-30-15-6-7-17(19(24)10-15)22-26-23(32-27-22)16-8-9-20(31-13(2)3)18(11-25)14(16)4/h6-10,13-14,18H,5,12H2,1-4H3. The van der Waals surface area contributed by atoms with Crippen molar-refractivity contribution in [3.63, 3.8) is 0 Å². The number of halogens is 1. The van der Waals surface area contributed by atoms with E-state index in [-0.39, 0.29) is 25.2 Å². The van der Waals surface area contributed by atoms with E-state index in [4.69, 9.17) is 30.3 Å². The summed E-state index contributed by atoms with van der Waals surface area (Å²) in [4.78, 5) is 15.9. The molecule has 8 nitrogen and oxygen atoms in total. The summed E-state index contributed by atoms with van der Waals surface area (Å²) in [6.45, 7) is 7.55. The van der Waals surface area contributed by atoms with Crippen molar-refractivity contribution in [2.45, 2.75) is 33.8 Å². The predicted molar refractivity (Wildman–Crippen MR) is 117 cm³/mol. The van der Waals surface area contributed by atoms with E-state index >= 15 is 0 Å². The minimum atomic E-state index is -0.461. The SMILES string of the molecule is CCOC(=O)COc1ccc(-c2noc(C3=CC=C(OC(C)C)C(C#N)C3C)n2)c(Cl)c1. The Morgan fingerprint density at radius 2 is 2.12 bits per heavy atom. The number of carbonyl (C=O) groups excluding carboxylic acids is 1. The minimum absolute atomic E-state index is 0.0272. The first kappa shape index (κ1) is 23.4. The summed E-state index contributed by atoms with van der Waals surface area (Å²) in [5.74, 6) is 0.548. The Kier molecular flexibility index (Phi) is 7.54. The molecule has 0 radical (unpaired) electrons. The average Bonchev–Trinajstić information content (AvgIpc) is 3.22. The Bertz CT molecular complexity index is 1080. The Morgan fingerprint density at radius 3 is 2.78 bits per heavy atom. The number of aromatic nitrogens is 2. The van der Waals surface area contributed by atoms with Crippen LogP contribution in [0.15, 0.2) is 40.6 Å². The zero-order valence-corrected chi connectivity index (χ0v) is 19.0. The molecule has 0 saturated heterocycles. The van der Waals surface area contributed by atoms with Crippen LogP contribution >= 0.6 is 11.6 Å². The lowest BCUT2D eigenvalue weighted by Crippen LogP contribution is -2.21. The van der Waals surface area contributed by atoms with Crippen LogP contribution in [0.2, 0.25) is 5.02 Å². The van der Waals surface area contributed by atoms with Crippen molar-refractivity contribution >= 4 is 23.1 Å². The maximum atomic E-state index is 11.4. The third kappa shape index (κ3) is 5.29. The first-order valence-corrected chi connectivity index (χ1v) is 10.6. The number of rotatable bonds is 8. The third-order valence-electron chi connectivity index (χ3n) is 4.75. The molecule has 1 aliphatic rings. The molecule has 3 rings (SSSR count). The summed E-state index contributed by atoms with van der Waals surface area (Å²) in [6, 6.07) is 7.21. The number of hydrogen-bond donors (Lipinski definition) is 0. The molecule has 0 bridgehead atoms. The van der Waals surface area contributed by atoms with Gasteiger partial charge in [-0.3, -0.25) is 0 Å². The Labute approximate surface area is 191 Å². The van der Waals surface area contributed by atoms with E-state index < -0.39 is 11.9 Å². The van der Waals surface area contributed by atoms with Crippen molar-refractivity contribution < 1.29 is 23.5 Å². The van der Waals surface area contributed by atoms with Gasteiger partial charge in [0, 0.05) is 17.1 Å². The summed E-state index contributed by atoms with van der Waals surface area (Å²) in [6.07, 6.45) is 3.58. The van der Waals surface area contributed by atoms with Gasteiger partial charge in [-0.25, -0.2) is 4.79 Å². The van der Waals surface area contributed by atoms with Crippen molar-refractivity contribution in [1.29, 1.82) is 5.26 Å². The second-order valence-corrected chi connectivity index (χ2v) is 7.82. The zero-order chi connectivity index (χ0) is 23.3. The first-order valence-electron chi connectivity index (χ1n) is 10.2. The summed E-state index contributed by atoms with van der Waals surface area (Å²) >= 11 is 6.38. The van der Waals surface area contributed by atoms with E-state index in [9.17, 15) is 10.1 Å². The molecule has 9 heteroatoms. The van der Waals surface area contributed by atoms with Crippen LogP contribution in [0.5, 0.6) is 5.75 Å². The molecule has 2 aromatic rings. The minimum Gasteiger partial charge on any atom is -0.494 e. The van der Waals surface area contributed by atoms with E-state index in [0.717, 1.165) is 5.57 Å². The predicted octanol–water partition coefficient (Wildman–Crippen LogP) is 4.81. The molecule has 0 spiro atoms. The van der Waals surface area contributed by atoms with Crippen LogP contribution in [-0.2, 0) is 14.3 Å². The molecule has 0 fully saturated rings. The molecule has 2 atom stereocenters. The number of esters is 1. The number of nitriles is 1. The molecule has 0 saturated carbocycles. The smallest absolute Gasteiger partial charge is 0.344 e. The van der Waals surface area contributed by atoms with Crippen molar-refractivity contribution in [2.24, 2.45) is 11.8 Å². The van der Waals surface area contributed by atoms with Gasteiger partial charge in [0.25, 0.3) is 5.89 Å². The van der Waals surface area contributed by atoms with Crippen LogP contribution in [0.25, 0.3) is 17.0 Å². The lowest BCUT2D eigenvalue weighted by Gasteiger charge is -2.26. The molecule has 1 heterocycles. The quantitative estimate of drug-likeness (QED) is 0.519. The highest BCUT2D eigenvalue weighted by Crippen LogP contribution is 2.38. The second kappa shape index (κ2) is 10.3. The van der Waals surface area contributed by atoms with Crippen molar-refractivity contribution in [1.82, 2.24) is 10.1 Å². The van der Waals surface area contributed by atoms with Crippen molar-refractivity contribution in [3.8, 4) is 23.2 Å². The van der Waals surface area contributed by atoms with E-state index in [1.54, 1.807) is 31.2 Å². The largest absolute Gasteiger partial charge is 0.494 e. The molecular formula is C23H24ClN3O5. The highest BCUT2D eigenvalue weighted by atomic mass is 35.5. The van der Waals surface area contributed by atoms with Gasteiger partial charge in [0.2, 0.25) is 5.82 Å². The Hall–Kier alpha value is -3.31. The van der Waals surface area contributed by atoms with E-state index in [2.05, 4.69) is 16.2 Å². The molecule has 0 N–H and O–H groups in total. The number of carbonyl (C=O) groups is 1. The number of allylic oxidation sites excluding steroid dienone is 4. The number of nitrogens with zero attached hydrogens (tertiary/aromatic N) is 3. The second-order valence-electron chi connectivity index (χ2n) is 7.41. The maximum Gasteiger partial charge on any atom is 0.344 e. The summed E-state index contributed by atoms with van der Waals surface area (Å²) in [5.41, 5.74) is 1.29. The van der Waals surface area contributed by atoms with Crippen molar-refractivity contribution in [3.05, 3.63) is 47.0 Å². The van der Waals surface area contributed by atoms with Gasteiger partial charge < -0.3 is 18.7 Å². The van der Waals surface area contributed by atoms with E-state index in [1.807, 2.05) is 26.8 Å².